The molecule has 0 aromatic heterocycles. The maximum absolute atomic E-state index is 12.5. The van der Waals surface area contributed by atoms with Gasteiger partial charge in [0.15, 0.2) is 6.10 Å². The van der Waals surface area contributed by atoms with E-state index in [0.717, 1.165) is 49.7 Å². The number of nitrogens with one attached hydrogen (secondary N) is 1. The first-order valence-electron chi connectivity index (χ1n) is 8.27. The van der Waals surface area contributed by atoms with Crippen LogP contribution >= 0.6 is 12.4 Å². The Labute approximate surface area is 146 Å². The average Bonchev–Trinajstić information content (AvgIpc) is 2.52. The second-order valence-corrected chi connectivity index (χ2v) is 6.24. The Morgan fingerprint density at radius 3 is 2.70 bits per heavy atom. The Kier molecular flexibility index (Phi) is 8.42. The van der Waals surface area contributed by atoms with Crippen LogP contribution in [0.15, 0.2) is 24.3 Å². The number of rotatable bonds is 6. The van der Waals surface area contributed by atoms with E-state index in [1.807, 2.05) is 50.1 Å². The number of amides is 1. The minimum atomic E-state index is -0.421. The van der Waals surface area contributed by atoms with E-state index >= 15 is 0 Å². The van der Waals surface area contributed by atoms with Gasteiger partial charge in [-0.3, -0.25) is 4.79 Å². The first-order valence-corrected chi connectivity index (χ1v) is 8.27. The molecule has 0 bridgehead atoms. The van der Waals surface area contributed by atoms with Crippen molar-refractivity contribution >= 4 is 18.3 Å². The van der Waals surface area contributed by atoms with Gasteiger partial charge >= 0.3 is 0 Å². The molecule has 0 spiro atoms. The van der Waals surface area contributed by atoms with E-state index in [2.05, 4.69) is 5.32 Å². The third-order valence-corrected chi connectivity index (χ3v) is 4.38. The van der Waals surface area contributed by atoms with Gasteiger partial charge in [-0.2, -0.15) is 0 Å². The number of ether oxygens (including phenoxy) is 1. The smallest absolute Gasteiger partial charge is 0.263 e. The van der Waals surface area contributed by atoms with Gasteiger partial charge in [0.25, 0.3) is 5.91 Å². The number of halogens is 1. The topological polar surface area (TPSA) is 41.6 Å². The van der Waals surface area contributed by atoms with Gasteiger partial charge in [-0.25, -0.2) is 0 Å². The fourth-order valence-electron chi connectivity index (χ4n) is 2.99. The minimum Gasteiger partial charge on any atom is -0.481 e. The normalized spacial score (nSPS) is 16.6. The van der Waals surface area contributed by atoms with Crippen molar-refractivity contribution in [2.45, 2.75) is 39.2 Å². The molecule has 1 aromatic carbocycles. The van der Waals surface area contributed by atoms with Crippen LogP contribution in [0.5, 0.6) is 5.75 Å². The van der Waals surface area contributed by atoms with Gasteiger partial charge in [-0.1, -0.05) is 12.1 Å². The van der Waals surface area contributed by atoms with E-state index in [1.54, 1.807) is 0 Å². The lowest BCUT2D eigenvalue weighted by Crippen LogP contribution is -2.45. The van der Waals surface area contributed by atoms with Crippen molar-refractivity contribution in [1.29, 1.82) is 0 Å². The van der Waals surface area contributed by atoms with E-state index in [0.29, 0.717) is 0 Å². The molecule has 5 heteroatoms. The van der Waals surface area contributed by atoms with Crippen molar-refractivity contribution in [1.82, 2.24) is 10.2 Å². The highest BCUT2D eigenvalue weighted by Crippen LogP contribution is 2.21. The molecule has 1 aliphatic rings. The standard InChI is InChI=1S/C18H28N2O2.ClH/c1-14-5-4-6-17(13-14)22-15(2)18(21)20-11-8-16(9-12-20)7-10-19-3;/h4-6,13,15-16,19H,7-12H2,1-3H3;1H. The highest BCUT2D eigenvalue weighted by atomic mass is 35.5. The summed E-state index contributed by atoms with van der Waals surface area (Å²) in [6, 6.07) is 7.85. The van der Waals surface area contributed by atoms with Crippen molar-refractivity contribution in [3.8, 4) is 5.75 Å². The van der Waals surface area contributed by atoms with Gasteiger partial charge in [-0.15, -0.1) is 12.4 Å². The lowest BCUT2D eigenvalue weighted by Gasteiger charge is -2.33. The summed E-state index contributed by atoms with van der Waals surface area (Å²) in [5.74, 6) is 1.61. The number of carbonyl (C=O) groups excluding carboxylic acids is 1. The van der Waals surface area contributed by atoms with Crippen molar-refractivity contribution < 1.29 is 9.53 Å². The Hall–Kier alpha value is -1.26. The molecular formula is C18H29ClN2O2. The fraction of sp³-hybridized carbons (Fsp3) is 0.611. The molecule has 1 amide bonds. The number of nitrogens with zero attached hydrogens (tertiary/aromatic N) is 1. The minimum absolute atomic E-state index is 0. The van der Waals surface area contributed by atoms with Gasteiger partial charge in [-0.05, 0) is 70.3 Å². The third kappa shape index (κ3) is 6.04. The predicted molar refractivity (Wildman–Crippen MR) is 96.4 cm³/mol. The van der Waals surface area contributed by atoms with Crippen LogP contribution in [0.25, 0.3) is 0 Å². The zero-order chi connectivity index (χ0) is 15.9. The van der Waals surface area contributed by atoms with Crippen LogP contribution in [-0.2, 0) is 4.79 Å². The molecule has 1 N–H and O–H groups in total. The molecular weight excluding hydrogens is 312 g/mol. The monoisotopic (exact) mass is 340 g/mol. The third-order valence-electron chi connectivity index (χ3n) is 4.38. The summed E-state index contributed by atoms with van der Waals surface area (Å²) in [5, 5.41) is 3.20. The van der Waals surface area contributed by atoms with E-state index in [4.69, 9.17) is 4.74 Å². The first-order chi connectivity index (χ1) is 10.6. The maximum atomic E-state index is 12.5. The predicted octanol–water partition coefficient (Wildman–Crippen LogP) is 3.03. The van der Waals surface area contributed by atoms with Crippen LogP contribution in [0.4, 0.5) is 0 Å². The second kappa shape index (κ2) is 9.78. The zero-order valence-corrected chi connectivity index (χ0v) is 15.2. The summed E-state index contributed by atoms with van der Waals surface area (Å²) in [7, 11) is 1.99. The highest BCUT2D eigenvalue weighted by Gasteiger charge is 2.26. The molecule has 1 heterocycles. The Bertz CT molecular complexity index is 488. The Morgan fingerprint density at radius 1 is 1.39 bits per heavy atom. The molecule has 1 unspecified atom stereocenters. The van der Waals surface area contributed by atoms with E-state index in [-0.39, 0.29) is 18.3 Å². The van der Waals surface area contributed by atoms with E-state index in [9.17, 15) is 4.79 Å². The van der Waals surface area contributed by atoms with Gasteiger partial charge in [0.05, 0.1) is 0 Å². The van der Waals surface area contributed by atoms with Crippen LogP contribution in [-0.4, -0.2) is 43.6 Å². The average molecular weight is 341 g/mol. The SMILES string of the molecule is CNCCC1CCN(C(=O)C(C)Oc2cccc(C)c2)CC1.Cl. The van der Waals surface area contributed by atoms with Gasteiger partial charge < -0.3 is 15.0 Å². The summed E-state index contributed by atoms with van der Waals surface area (Å²) >= 11 is 0. The lowest BCUT2D eigenvalue weighted by atomic mass is 9.93. The van der Waals surface area contributed by atoms with Gasteiger partial charge in [0.2, 0.25) is 0 Å². The highest BCUT2D eigenvalue weighted by molar-refractivity contribution is 5.85. The molecule has 1 atom stereocenters. The molecule has 1 aromatic rings. The molecule has 130 valence electrons. The molecule has 23 heavy (non-hydrogen) atoms. The summed E-state index contributed by atoms with van der Waals surface area (Å²) in [6.07, 6.45) is 2.99. The summed E-state index contributed by atoms with van der Waals surface area (Å²) < 4.78 is 5.80. The number of hydrogen-bond donors (Lipinski definition) is 1. The fourth-order valence-corrected chi connectivity index (χ4v) is 2.99. The molecule has 4 nitrogen and oxygen atoms in total. The molecule has 2 rings (SSSR count). The Balaban J connectivity index is 0.00000264. The molecule has 0 saturated carbocycles. The van der Waals surface area contributed by atoms with E-state index in [1.165, 1.54) is 6.42 Å². The molecule has 0 aliphatic carbocycles. The van der Waals surface area contributed by atoms with Crippen molar-refractivity contribution in [2.75, 3.05) is 26.7 Å². The largest absolute Gasteiger partial charge is 0.481 e. The first kappa shape index (κ1) is 19.8. The summed E-state index contributed by atoms with van der Waals surface area (Å²) in [6.45, 7) is 6.64. The molecule has 1 fully saturated rings. The molecule has 1 aliphatic heterocycles. The number of piperidine rings is 1. The van der Waals surface area contributed by atoms with Crippen LogP contribution in [0.1, 0.15) is 31.7 Å². The van der Waals surface area contributed by atoms with Crippen LogP contribution in [0.3, 0.4) is 0 Å². The van der Waals surface area contributed by atoms with E-state index < -0.39 is 6.10 Å². The number of benzene rings is 1. The van der Waals surface area contributed by atoms with Crippen molar-refractivity contribution in [3.63, 3.8) is 0 Å². The van der Waals surface area contributed by atoms with Crippen molar-refractivity contribution in [2.24, 2.45) is 5.92 Å². The van der Waals surface area contributed by atoms with Crippen LogP contribution in [0.2, 0.25) is 0 Å². The second-order valence-electron chi connectivity index (χ2n) is 6.24. The van der Waals surface area contributed by atoms with Crippen LogP contribution < -0.4 is 10.1 Å². The van der Waals surface area contributed by atoms with Gasteiger partial charge in [0, 0.05) is 13.1 Å². The number of aryl methyl sites for hydroxylation is 1. The number of hydrogen-bond acceptors (Lipinski definition) is 3. The maximum Gasteiger partial charge on any atom is 0.263 e. The molecule has 0 radical (unpaired) electrons. The summed E-state index contributed by atoms with van der Waals surface area (Å²) in [5.41, 5.74) is 1.14. The summed E-state index contributed by atoms with van der Waals surface area (Å²) in [4.78, 5) is 14.5. The van der Waals surface area contributed by atoms with Gasteiger partial charge in [0.1, 0.15) is 5.75 Å². The van der Waals surface area contributed by atoms with Crippen LogP contribution in [0, 0.1) is 12.8 Å². The van der Waals surface area contributed by atoms with Crippen molar-refractivity contribution in [3.05, 3.63) is 29.8 Å². The molecule has 1 saturated heterocycles. The quantitative estimate of drug-likeness (QED) is 0.865. The lowest BCUT2D eigenvalue weighted by molar-refractivity contribution is -0.139. The Morgan fingerprint density at radius 2 is 2.09 bits per heavy atom. The number of likely N-dealkylation sites (tertiary alicyclic amines) is 1. The zero-order valence-electron chi connectivity index (χ0n) is 14.4. The number of carbonyl (C=O) groups is 1.